The maximum Gasteiger partial charge on any atom is 0.433 e. The first-order valence-corrected chi connectivity index (χ1v) is 8.49. The Bertz CT molecular complexity index is 711. The molecule has 26 heavy (non-hydrogen) atoms. The fraction of sp³-hybridized carbons (Fsp3) is 0.450. The summed E-state index contributed by atoms with van der Waals surface area (Å²) in [4.78, 5) is 3.30. The Balaban J connectivity index is 0.000000263. The van der Waals surface area contributed by atoms with Crippen LogP contribution in [0, 0.1) is 5.82 Å². The normalized spacial score (nSPS) is 12.4. The SMILES string of the molecule is CC(C)(C)c1ccc(F)c(Cl)c1.CC(C)(C)c1ccnc(C(F)(F)F)c1. The van der Waals surface area contributed by atoms with Gasteiger partial charge < -0.3 is 0 Å². The van der Waals surface area contributed by atoms with Crippen molar-refractivity contribution in [2.24, 2.45) is 0 Å². The Hall–Kier alpha value is -1.62. The third-order valence-corrected chi connectivity index (χ3v) is 3.99. The topological polar surface area (TPSA) is 12.9 Å². The van der Waals surface area contributed by atoms with Crippen LogP contribution in [0.1, 0.15) is 58.4 Å². The van der Waals surface area contributed by atoms with Gasteiger partial charge in [-0.3, -0.25) is 4.98 Å². The van der Waals surface area contributed by atoms with E-state index in [9.17, 15) is 17.6 Å². The van der Waals surface area contributed by atoms with Gasteiger partial charge in [-0.05, 0) is 46.2 Å². The molecule has 6 heteroatoms. The molecule has 0 unspecified atom stereocenters. The predicted octanol–water partition coefficient (Wildman–Crippen LogP) is 7.17. The van der Waals surface area contributed by atoms with Gasteiger partial charge in [-0.1, -0.05) is 59.2 Å². The van der Waals surface area contributed by atoms with Crippen molar-refractivity contribution in [3.63, 3.8) is 0 Å². The first kappa shape index (κ1) is 22.4. The van der Waals surface area contributed by atoms with Gasteiger partial charge in [-0.25, -0.2) is 4.39 Å². The van der Waals surface area contributed by atoms with Crippen LogP contribution in [0.3, 0.4) is 0 Å². The van der Waals surface area contributed by atoms with E-state index in [1.807, 2.05) is 20.8 Å². The lowest BCUT2D eigenvalue weighted by Crippen LogP contribution is -2.15. The molecule has 2 rings (SSSR count). The van der Waals surface area contributed by atoms with E-state index in [0.29, 0.717) is 5.56 Å². The number of halogens is 5. The molecule has 0 bridgehead atoms. The van der Waals surface area contributed by atoms with Crippen molar-refractivity contribution in [1.29, 1.82) is 0 Å². The minimum Gasteiger partial charge on any atom is -0.252 e. The van der Waals surface area contributed by atoms with Crippen molar-refractivity contribution < 1.29 is 17.6 Å². The fourth-order valence-corrected chi connectivity index (χ4v) is 2.20. The number of benzene rings is 1. The lowest BCUT2D eigenvalue weighted by atomic mass is 9.87. The Labute approximate surface area is 157 Å². The molecule has 1 heterocycles. The van der Waals surface area contributed by atoms with Crippen molar-refractivity contribution in [3.8, 4) is 0 Å². The number of nitrogens with zero attached hydrogens (tertiary/aromatic N) is 1. The lowest BCUT2D eigenvalue weighted by Gasteiger charge is -2.19. The summed E-state index contributed by atoms with van der Waals surface area (Å²) in [5, 5.41) is 0.197. The van der Waals surface area contributed by atoms with E-state index in [2.05, 4.69) is 25.8 Å². The van der Waals surface area contributed by atoms with E-state index < -0.39 is 11.9 Å². The molecule has 0 N–H and O–H groups in total. The molecular formula is C20H24ClF4N. The molecule has 144 valence electrons. The number of rotatable bonds is 0. The molecule has 1 aromatic heterocycles. The number of hydrogen-bond donors (Lipinski definition) is 0. The van der Waals surface area contributed by atoms with Gasteiger partial charge in [0.15, 0.2) is 0 Å². The summed E-state index contributed by atoms with van der Waals surface area (Å²) in [5.41, 5.74) is 0.596. The first-order chi connectivity index (χ1) is 11.6. The molecule has 2 aromatic rings. The molecule has 0 fully saturated rings. The summed E-state index contributed by atoms with van der Waals surface area (Å²) >= 11 is 5.64. The molecule has 0 spiro atoms. The first-order valence-electron chi connectivity index (χ1n) is 8.11. The quantitative estimate of drug-likeness (QED) is 0.435. The van der Waals surface area contributed by atoms with E-state index in [4.69, 9.17) is 11.6 Å². The van der Waals surface area contributed by atoms with Crippen LogP contribution in [0.25, 0.3) is 0 Å². The van der Waals surface area contributed by atoms with Crippen LogP contribution in [-0.4, -0.2) is 4.98 Å². The number of alkyl halides is 3. The average molecular weight is 390 g/mol. The molecule has 1 nitrogen and oxygen atoms in total. The molecule has 0 aliphatic carbocycles. The smallest absolute Gasteiger partial charge is 0.252 e. The Morgan fingerprint density at radius 3 is 1.73 bits per heavy atom. The predicted molar refractivity (Wildman–Crippen MR) is 98.0 cm³/mol. The molecule has 0 saturated carbocycles. The standard InChI is InChI=1S/C10H12ClF.C10H12F3N/c1-10(2,3)7-4-5-9(12)8(11)6-7;1-9(2,3)7-4-5-14-8(6-7)10(11,12)13/h4-6H,1-3H3;4-6H,1-3H3. The summed E-state index contributed by atoms with van der Waals surface area (Å²) < 4.78 is 49.6. The Morgan fingerprint density at radius 2 is 1.31 bits per heavy atom. The van der Waals surface area contributed by atoms with Crippen LogP contribution < -0.4 is 0 Å². The molecule has 0 aliphatic heterocycles. The van der Waals surface area contributed by atoms with Gasteiger partial charge in [0.05, 0.1) is 5.02 Å². The highest BCUT2D eigenvalue weighted by Crippen LogP contribution is 2.30. The number of pyridine rings is 1. The van der Waals surface area contributed by atoms with Crippen molar-refractivity contribution in [1.82, 2.24) is 4.98 Å². The molecular weight excluding hydrogens is 366 g/mol. The minimum atomic E-state index is -4.36. The largest absolute Gasteiger partial charge is 0.433 e. The summed E-state index contributed by atoms with van der Waals surface area (Å²) in [6.45, 7) is 11.8. The van der Waals surface area contributed by atoms with Crippen LogP contribution in [0.2, 0.25) is 5.02 Å². The number of aromatic nitrogens is 1. The van der Waals surface area contributed by atoms with E-state index >= 15 is 0 Å². The zero-order chi connectivity index (χ0) is 20.3. The second kappa shape index (κ2) is 7.95. The van der Waals surface area contributed by atoms with E-state index in [1.165, 1.54) is 12.3 Å². The van der Waals surface area contributed by atoms with E-state index in [0.717, 1.165) is 11.6 Å². The fourth-order valence-electron chi connectivity index (χ4n) is 2.01. The third kappa shape index (κ3) is 6.60. The molecule has 0 radical (unpaired) electrons. The number of hydrogen-bond acceptors (Lipinski definition) is 1. The maximum absolute atomic E-state index is 12.8. The van der Waals surface area contributed by atoms with Crippen molar-refractivity contribution in [3.05, 3.63) is 64.2 Å². The summed E-state index contributed by atoms with van der Waals surface area (Å²) in [6.07, 6.45) is -3.16. The summed E-state index contributed by atoms with van der Waals surface area (Å²) in [5.74, 6) is -0.357. The molecule has 0 amide bonds. The van der Waals surface area contributed by atoms with Crippen molar-refractivity contribution in [2.45, 2.75) is 58.5 Å². The molecule has 0 atom stereocenters. The molecule has 1 aromatic carbocycles. The van der Waals surface area contributed by atoms with Crippen LogP contribution in [0.15, 0.2) is 36.5 Å². The van der Waals surface area contributed by atoms with Gasteiger partial charge in [0, 0.05) is 6.20 Å². The Morgan fingerprint density at radius 1 is 0.808 bits per heavy atom. The van der Waals surface area contributed by atoms with E-state index in [1.54, 1.807) is 18.2 Å². The molecule has 0 aliphatic rings. The highest BCUT2D eigenvalue weighted by atomic mass is 35.5. The second-order valence-electron chi connectivity index (χ2n) is 8.06. The highest BCUT2D eigenvalue weighted by Gasteiger charge is 2.33. The van der Waals surface area contributed by atoms with Gasteiger partial charge in [0.1, 0.15) is 11.5 Å². The minimum absolute atomic E-state index is 0.0251. The zero-order valence-electron chi connectivity index (χ0n) is 15.8. The van der Waals surface area contributed by atoms with Crippen LogP contribution >= 0.6 is 11.6 Å². The highest BCUT2D eigenvalue weighted by molar-refractivity contribution is 6.30. The van der Waals surface area contributed by atoms with Crippen molar-refractivity contribution in [2.75, 3.05) is 0 Å². The van der Waals surface area contributed by atoms with Crippen LogP contribution in [-0.2, 0) is 17.0 Å². The monoisotopic (exact) mass is 389 g/mol. The summed E-state index contributed by atoms with van der Waals surface area (Å²) in [7, 11) is 0. The second-order valence-corrected chi connectivity index (χ2v) is 8.46. The van der Waals surface area contributed by atoms with Gasteiger partial charge in [0.2, 0.25) is 0 Å². The van der Waals surface area contributed by atoms with Gasteiger partial charge in [-0.2, -0.15) is 13.2 Å². The van der Waals surface area contributed by atoms with E-state index in [-0.39, 0.29) is 21.7 Å². The van der Waals surface area contributed by atoms with Gasteiger partial charge in [-0.15, -0.1) is 0 Å². The lowest BCUT2D eigenvalue weighted by molar-refractivity contribution is -0.141. The zero-order valence-corrected chi connectivity index (χ0v) is 16.6. The maximum atomic E-state index is 12.8. The van der Waals surface area contributed by atoms with Gasteiger partial charge in [0.25, 0.3) is 0 Å². The van der Waals surface area contributed by atoms with Crippen LogP contribution in [0.4, 0.5) is 17.6 Å². The Kier molecular flexibility index (Phi) is 6.86. The van der Waals surface area contributed by atoms with Crippen LogP contribution in [0.5, 0.6) is 0 Å². The summed E-state index contributed by atoms with van der Waals surface area (Å²) in [6, 6.07) is 7.55. The third-order valence-electron chi connectivity index (χ3n) is 3.70. The average Bonchev–Trinajstić information content (AvgIpc) is 2.48. The molecule has 0 saturated heterocycles. The van der Waals surface area contributed by atoms with Gasteiger partial charge >= 0.3 is 6.18 Å². The van der Waals surface area contributed by atoms with Crippen molar-refractivity contribution >= 4 is 11.6 Å².